The zero-order valence-electron chi connectivity index (χ0n) is 10.6. The Morgan fingerprint density at radius 1 is 1.12 bits per heavy atom. The molecule has 0 amide bonds. The van der Waals surface area contributed by atoms with E-state index in [0.29, 0.717) is 5.92 Å². The molecule has 0 N–H and O–H groups in total. The van der Waals surface area contributed by atoms with Crippen molar-refractivity contribution in [1.29, 1.82) is 0 Å². The molecule has 1 aliphatic carbocycles. The SMILES string of the molecule is COC(=O)CC(=O)/C=C/C1CCCCCCC1. The van der Waals surface area contributed by atoms with E-state index in [-0.39, 0.29) is 12.2 Å². The van der Waals surface area contributed by atoms with Gasteiger partial charge in [-0.3, -0.25) is 9.59 Å². The van der Waals surface area contributed by atoms with E-state index in [4.69, 9.17) is 0 Å². The van der Waals surface area contributed by atoms with Gasteiger partial charge in [-0.1, -0.05) is 38.2 Å². The molecule has 17 heavy (non-hydrogen) atoms. The van der Waals surface area contributed by atoms with Crippen molar-refractivity contribution in [2.24, 2.45) is 5.92 Å². The summed E-state index contributed by atoms with van der Waals surface area (Å²) >= 11 is 0. The molecule has 0 aromatic rings. The number of hydrogen-bond acceptors (Lipinski definition) is 3. The summed E-state index contributed by atoms with van der Waals surface area (Å²) in [6.45, 7) is 0. The highest BCUT2D eigenvalue weighted by atomic mass is 16.5. The van der Waals surface area contributed by atoms with Gasteiger partial charge in [-0.2, -0.15) is 0 Å². The molecule has 0 aliphatic heterocycles. The molecular weight excluding hydrogens is 216 g/mol. The van der Waals surface area contributed by atoms with Crippen LogP contribution in [0.3, 0.4) is 0 Å². The van der Waals surface area contributed by atoms with Gasteiger partial charge in [0.05, 0.1) is 7.11 Å². The topological polar surface area (TPSA) is 43.4 Å². The first kappa shape index (κ1) is 13.9. The molecule has 0 aromatic carbocycles. The summed E-state index contributed by atoms with van der Waals surface area (Å²) in [7, 11) is 1.30. The first-order valence-corrected chi connectivity index (χ1v) is 6.50. The lowest BCUT2D eigenvalue weighted by Gasteiger charge is -2.15. The van der Waals surface area contributed by atoms with Crippen LogP contribution >= 0.6 is 0 Å². The van der Waals surface area contributed by atoms with Crippen LogP contribution in [0.25, 0.3) is 0 Å². The highest BCUT2D eigenvalue weighted by molar-refractivity contribution is 6.01. The van der Waals surface area contributed by atoms with E-state index < -0.39 is 5.97 Å². The average molecular weight is 238 g/mol. The summed E-state index contributed by atoms with van der Waals surface area (Å²) in [4.78, 5) is 22.3. The molecule has 96 valence electrons. The van der Waals surface area contributed by atoms with Crippen molar-refractivity contribution in [2.45, 2.75) is 51.4 Å². The van der Waals surface area contributed by atoms with Gasteiger partial charge in [-0.25, -0.2) is 0 Å². The summed E-state index contributed by atoms with van der Waals surface area (Å²) in [5.41, 5.74) is 0. The molecule has 0 aromatic heterocycles. The lowest BCUT2D eigenvalue weighted by atomic mass is 9.90. The second kappa shape index (κ2) is 8.04. The van der Waals surface area contributed by atoms with Crippen LogP contribution < -0.4 is 0 Å². The van der Waals surface area contributed by atoms with E-state index in [0.717, 1.165) is 0 Å². The van der Waals surface area contributed by atoms with Crippen LogP contribution in [0.5, 0.6) is 0 Å². The molecule has 1 rings (SSSR count). The van der Waals surface area contributed by atoms with Crippen molar-refractivity contribution in [1.82, 2.24) is 0 Å². The Morgan fingerprint density at radius 3 is 2.29 bits per heavy atom. The highest BCUT2D eigenvalue weighted by Crippen LogP contribution is 2.23. The Balaban J connectivity index is 2.34. The number of esters is 1. The number of rotatable bonds is 4. The molecule has 0 unspecified atom stereocenters. The minimum absolute atomic E-state index is 0.139. The number of carbonyl (C=O) groups excluding carboxylic acids is 2. The van der Waals surface area contributed by atoms with Gasteiger partial charge in [-0.05, 0) is 24.8 Å². The van der Waals surface area contributed by atoms with Gasteiger partial charge in [0.25, 0.3) is 0 Å². The predicted octanol–water partition coefficient (Wildman–Crippen LogP) is 3.04. The number of hydrogen-bond donors (Lipinski definition) is 0. The smallest absolute Gasteiger partial charge is 0.313 e. The van der Waals surface area contributed by atoms with E-state index in [1.807, 2.05) is 6.08 Å². The zero-order valence-corrected chi connectivity index (χ0v) is 10.6. The molecule has 1 aliphatic rings. The molecule has 3 heteroatoms. The summed E-state index contributed by atoms with van der Waals surface area (Å²) in [6, 6.07) is 0. The molecule has 0 spiro atoms. The van der Waals surface area contributed by atoms with Gasteiger partial charge < -0.3 is 4.74 Å². The maximum atomic E-state index is 11.4. The second-order valence-corrected chi connectivity index (χ2v) is 4.68. The number of allylic oxidation sites excluding steroid dienone is 2. The second-order valence-electron chi connectivity index (χ2n) is 4.68. The summed E-state index contributed by atoms with van der Waals surface area (Å²) in [5, 5.41) is 0. The first-order valence-electron chi connectivity index (χ1n) is 6.50. The summed E-state index contributed by atoms with van der Waals surface area (Å²) in [5.74, 6) is -0.104. The fourth-order valence-electron chi connectivity index (χ4n) is 2.20. The van der Waals surface area contributed by atoms with Crippen LogP contribution in [0.2, 0.25) is 0 Å². The number of methoxy groups -OCH3 is 1. The minimum atomic E-state index is -0.461. The number of ketones is 1. The van der Waals surface area contributed by atoms with E-state index in [1.165, 1.54) is 52.1 Å². The van der Waals surface area contributed by atoms with Gasteiger partial charge in [0.2, 0.25) is 0 Å². The van der Waals surface area contributed by atoms with Gasteiger partial charge in [0.15, 0.2) is 5.78 Å². The van der Waals surface area contributed by atoms with Crippen LogP contribution in [-0.2, 0) is 14.3 Å². The van der Waals surface area contributed by atoms with Crippen molar-refractivity contribution in [2.75, 3.05) is 7.11 Å². The summed E-state index contributed by atoms with van der Waals surface area (Å²) in [6.07, 6.45) is 12.2. The molecule has 3 nitrogen and oxygen atoms in total. The number of ether oxygens (including phenoxy) is 1. The standard InChI is InChI=1S/C14H22O3/c1-17-14(16)11-13(15)10-9-12-7-5-3-2-4-6-8-12/h9-10,12H,2-8,11H2,1H3/b10-9+. The third kappa shape index (κ3) is 6.25. The van der Waals surface area contributed by atoms with Crippen LogP contribution in [0, 0.1) is 5.92 Å². The maximum absolute atomic E-state index is 11.4. The van der Waals surface area contributed by atoms with E-state index >= 15 is 0 Å². The van der Waals surface area contributed by atoms with E-state index in [9.17, 15) is 9.59 Å². The molecule has 0 bridgehead atoms. The fraction of sp³-hybridized carbons (Fsp3) is 0.714. The Hall–Kier alpha value is -1.12. The van der Waals surface area contributed by atoms with Crippen LogP contribution in [0.15, 0.2) is 12.2 Å². The quantitative estimate of drug-likeness (QED) is 0.429. The third-order valence-electron chi connectivity index (χ3n) is 3.25. The monoisotopic (exact) mass is 238 g/mol. The Bertz CT molecular complexity index is 273. The average Bonchev–Trinajstić information content (AvgIpc) is 2.27. The molecular formula is C14H22O3. The maximum Gasteiger partial charge on any atom is 0.313 e. The first-order chi connectivity index (χ1) is 8.22. The Labute approximate surface area is 103 Å². The van der Waals surface area contributed by atoms with Crippen molar-refractivity contribution >= 4 is 11.8 Å². The van der Waals surface area contributed by atoms with Crippen molar-refractivity contribution in [3.63, 3.8) is 0 Å². The summed E-state index contributed by atoms with van der Waals surface area (Å²) < 4.78 is 4.46. The van der Waals surface area contributed by atoms with Gasteiger partial charge in [0.1, 0.15) is 6.42 Å². The normalized spacial score (nSPS) is 18.6. The molecule has 0 heterocycles. The van der Waals surface area contributed by atoms with Gasteiger partial charge >= 0.3 is 5.97 Å². The van der Waals surface area contributed by atoms with Crippen LogP contribution in [0.1, 0.15) is 51.4 Å². The largest absolute Gasteiger partial charge is 0.469 e. The Morgan fingerprint density at radius 2 is 1.71 bits per heavy atom. The van der Waals surface area contributed by atoms with Gasteiger partial charge in [-0.15, -0.1) is 0 Å². The Kier molecular flexibility index (Phi) is 6.60. The van der Waals surface area contributed by atoms with Crippen molar-refractivity contribution in [3.05, 3.63) is 12.2 Å². The molecule has 1 fully saturated rings. The molecule has 0 atom stereocenters. The zero-order chi connectivity index (χ0) is 12.5. The van der Waals surface area contributed by atoms with E-state index in [1.54, 1.807) is 6.08 Å². The van der Waals surface area contributed by atoms with Crippen LogP contribution in [-0.4, -0.2) is 18.9 Å². The third-order valence-corrected chi connectivity index (χ3v) is 3.25. The molecule has 1 saturated carbocycles. The molecule has 0 radical (unpaired) electrons. The van der Waals surface area contributed by atoms with E-state index in [2.05, 4.69) is 4.74 Å². The fourth-order valence-corrected chi connectivity index (χ4v) is 2.20. The van der Waals surface area contributed by atoms with Gasteiger partial charge in [0, 0.05) is 0 Å². The van der Waals surface area contributed by atoms with Crippen molar-refractivity contribution < 1.29 is 14.3 Å². The van der Waals surface area contributed by atoms with Crippen LogP contribution in [0.4, 0.5) is 0 Å². The number of carbonyl (C=O) groups is 2. The lowest BCUT2D eigenvalue weighted by Crippen LogP contribution is -2.07. The molecule has 0 saturated heterocycles. The lowest BCUT2D eigenvalue weighted by molar-refractivity contribution is -0.142. The predicted molar refractivity (Wildman–Crippen MR) is 66.6 cm³/mol. The van der Waals surface area contributed by atoms with Crippen molar-refractivity contribution in [3.8, 4) is 0 Å². The highest BCUT2D eigenvalue weighted by Gasteiger charge is 2.10. The minimum Gasteiger partial charge on any atom is -0.469 e.